The first-order valence-electron chi connectivity index (χ1n) is 6.57. The van der Waals surface area contributed by atoms with E-state index in [0.29, 0.717) is 0 Å². The fourth-order valence-corrected chi connectivity index (χ4v) is 2.53. The van der Waals surface area contributed by atoms with Crippen LogP contribution in [0.2, 0.25) is 0 Å². The summed E-state index contributed by atoms with van der Waals surface area (Å²) in [6.45, 7) is 11.6. The second kappa shape index (κ2) is 18.1. The van der Waals surface area contributed by atoms with Gasteiger partial charge in [-0.25, -0.2) is 0 Å². The summed E-state index contributed by atoms with van der Waals surface area (Å²) >= 11 is 11.5. The zero-order valence-corrected chi connectivity index (χ0v) is 14.6. The Bertz CT molecular complexity index is 140. The number of nitrogens with one attached hydrogen (secondary N) is 2. The molecule has 0 aliphatic rings. The minimum absolute atomic E-state index is 0. The number of hydrogen-bond acceptors (Lipinski definition) is 0. The quantitative estimate of drug-likeness (QED) is 0.273. The third-order valence-electron chi connectivity index (χ3n) is 3.21. The lowest BCUT2D eigenvalue weighted by Crippen LogP contribution is -3.13. The second-order valence-electron chi connectivity index (χ2n) is 4.29. The summed E-state index contributed by atoms with van der Waals surface area (Å²) in [6, 6.07) is 0. The molecule has 0 aliphatic heterocycles. The largest absolute Gasteiger partial charge is 1.00 e. The average molecular weight is 342 g/mol. The lowest BCUT2D eigenvalue weighted by Gasteiger charge is -2.18. The Kier molecular flexibility index (Phi) is 24.2. The minimum atomic E-state index is 0. The summed E-state index contributed by atoms with van der Waals surface area (Å²) in [6.07, 6.45) is 2.62. The average Bonchev–Trinajstić information content (AvgIpc) is 2.30. The molecule has 114 valence electrons. The molecule has 0 rings (SSSR count). The molecule has 0 saturated carbocycles. The van der Waals surface area contributed by atoms with Crippen molar-refractivity contribution in [2.75, 3.05) is 51.0 Å². The van der Waals surface area contributed by atoms with Gasteiger partial charge in [-0.3, -0.25) is 0 Å². The second-order valence-corrected chi connectivity index (χ2v) is 5.05. The molecule has 0 unspecified atom stereocenters. The maximum absolute atomic E-state index is 5.77. The van der Waals surface area contributed by atoms with Crippen molar-refractivity contribution in [2.45, 2.75) is 26.7 Å². The third-order valence-corrected chi connectivity index (χ3v) is 3.58. The van der Waals surface area contributed by atoms with Crippen LogP contribution in [-0.4, -0.2) is 51.0 Å². The summed E-state index contributed by atoms with van der Waals surface area (Å²) in [7, 11) is 0. The molecule has 0 spiro atoms. The Hall–Kier alpha value is 1.08. The molecule has 0 aliphatic carbocycles. The maximum atomic E-state index is 5.77. The van der Waals surface area contributed by atoms with Gasteiger partial charge < -0.3 is 34.6 Å². The molecule has 0 heterocycles. The first kappa shape index (κ1) is 24.1. The minimum Gasteiger partial charge on any atom is -1.00 e. The van der Waals surface area contributed by atoms with E-state index < -0.39 is 0 Å². The Balaban J connectivity index is -0.00000112. The standard InChI is InChI=1S/C12H26Cl2N2.2ClH/c1-3-15(4-2)9-5-6-10-16(11-7-13)12-8-14;;/h3-12H2,1-2H3;2*1H. The van der Waals surface area contributed by atoms with E-state index in [-0.39, 0.29) is 24.8 Å². The van der Waals surface area contributed by atoms with Crippen molar-refractivity contribution in [3.05, 3.63) is 0 Å². The monoisotopic (exact) mass is 340 g/mol. The van der Waals surface area contributed by atoms with E-state index in [4.69, 9.17) is 23.2 Å². The van der Waals surface area contributed by atoms with Gasteiger partial charge in [0.25, 0.3) is 0 Å². The SMILES string of the molecule is CC[NH+](CC)CCCC[NH+](CCCl)CCCl.[Cl-].[Cl-]. The van der Waals surface area contributed by atoms with Crippen molar-refractivity contribution in [3.63, 3.8) is 0 Å². The van der Waals surface area contributed by atoms with Crippen molar-refractivity contribution in [1.29, 1.82) is 0 Å². The molecule has 0 radical (unpaired) electrons. The molecule has 0 aromatic rings. The molecule has 2 nitrogen and oxygen atoms in total. The topological polar surface area (TPSA) is 8.88 Å². The molecule has 2 N–H and O–H groups in total. The Morgan fingerprint density at radius 1 is 0.667 bits per heavy atom. The predicted molar refractivity (Wildman–Crippen MR) is 73.1 cm³/mol. The van der Waals surface area contributed by atoms with Crippen LogP contribution in [0, 0.1) is 0 Å². The van der Waals surface area contributed by atoms with Gasteiger partial charge in [-0.15, -0.1) is 23.2 Å². The Labute approximate surface area is 135 Å². The molecular formula is C12H28Cl4N2. The van der Waals surface area contributed by atoms with Crippen LogP contribution in [0.15, 0.2) is 0 Å². The van der Waals surface area contributed by atoms with Crippen LogP contribution in [0.25, 0.3) is 0 Å². The molecule has 0 amide bonds. The lowest BCUT2D eigenvalue weighted by atomic mass is 10.2. The van der Waals surface area contributed by atoms with Crippen molar-refractivity contribution in [3.8, 4) is 0 Å². The highest BCUT2D eigenvalue weighted by molar-refractivity contribution is 6.18. The van der Waals surface area contributed by atoms with Crippen molar-refractivity contribution >= 4 is 23.2 Å². The van der Waals surface area contributed by atoms with Gasteiger partial charge in [0.2, 0.25) is 0 Å². The third kappa shape index (κ3) is 13.5. The molecule has 6 heteroatoms. The molecule has 0 saturated heterocycles. The van der Waals surface area contributed by atoms with E-state index in [1.807, 2.05) is 0 Å². The van der Waals surface area contributed by atoms with E-state index in [9.17, 15) is 0 Å². The Morgan fingerprint density at radius 3 is 1.39 bits per heavy atom. The number of quaternary nitrogens is 2. The maximum Gasteiger partial charge on any atom is 0.0908 e. The van der Waals surface area contributed by atoms with Crippen LogP contribution >= 0.6 is 23.2 Å². The van der Waals surface area contributed by atoms with Crippen LogP contribution in [0.5, 0.6) is 0 Å². The van der Waals surface area contributed by atoms with Gasteiger partial charge in [-0.05, 0) is 13.8 Å². The number of alkyl halides is 2. The predicted octanol–water partition coefficient (Wildman–Crippen LogP) is -5.94. The van der Waals surface area contributed by atoms with Gasteiger partial charge in [-0.2, -0.15) is 0 Å². The van der Waals surface area contributed by atoms with E-state index in [2.05, 4.69) is 13.8 Å². The summed E-state index contributed by atoms with van der Waals surface area (Å²) in [5.41, 5.74) is 0. The highest BCUT2D eigenvalue weighted by atomic mass is 35.5. The first-order valence-corrected chi connectivity index (χ1v) is 7.64. The van der Waals surface area contributed by atoms with Crippen LogP contribution in [0.4, 0.5) is 0 Å². The number of halogens is 4. The molecule has 0 bridgehead atoms. The van der Waals surface area contributed by atoms with E-state index >= 15 is 0 Å². The van der Waals surface area contributed by atoms with Crippen LogP contribution in [0.1, 0.15) is 26.7 Å². The Morgan fingerprint density at radius 2 is 1.06 bits per heavy atom. The van der Waals surface area contributed by atoms with Gasteiger partial charge in [0.15, 0.2) is 0 Å². The fraction of sp³-hybridized carbons (Fsp3) is 1.00. The van der Waals surface area contributed by atoms with Gasteiger partial charge in [-0.1, -0.05) is 0 Å². The zero-order chi connectivity index (χ0) is 12.2. The van der Waals surface area contributed by atoms with Gasteiger partial charge in [0, 0.05) is 12.8 Å². The highest BCUT2D eigenvalue weighted by Crippen LogP contribution is 1.81. The van der Waals surface area contributed by atoms with Crippen molar-refractivity contribution < 1.29 is 34.6 Å². The lowest BCUT2D eigenvalue weighted by molar-refractivity contribution is -0.902. The van der Waals surface area contributed by atoms with E-state index in [1.54, 1.807) is 9.80 Å². The van der Waals surface area contributed by atoms with E-state index in [0.717, 1.165) is 24.8 Å². The number of rotatable bonds is 11. The van der Waals surface area contributed by atoms with Crippen LogP contribution in [-0.2, 0) is 0 Å². The van der Waals surface area contributed by atoms with Gasteiger partial charge in [0.1, 0.15) is 0 Å². The molecule has 18 heavy (non-hydrogen) atoms. The van der Waals surface area contributed by atoms with E-state index in [1.165, 1.54) is 39.0 Å². The smallest absolute Gasteiger partial charge is 0.0908 e. The van der Waals surface area contributed by atoms with Crippen molar-refractivity contribution in [1.82, 2.24) is 0 Å². The summed E-state index contributed by atoms with van der Waals surface area (Å²) in [4.78, 5) is 3.26. The normalized spacial score (nSPS) is 10.3. The first-order chi connectivity index (χ1) is 7.78. The number of hydrogen-bond donors (Lipinski definition) is 2. The molecule has 0 atom stereocenters. The van der Waals surface area contributed by atoms with Crippen molar-refractivity contribution in [2.24, 2.45) is 0 Å². The summed E-state index contributed by atoms with van der Waals surface area (Å²) in [5.74, 6) is 1.49. The highest BCUT2D eigenvalue weighted by Gasteiger charge is 2.07. The summed E-state index contributed by atoms with van der Waals surface area (Å²) in [5, 5.41) is 0. The van der Waals surface area contributed by atoms with Crippen LogP contribution < -0.4 is 34.6 Å². The molecule has 0 aromatic carbocycles. The summed E-state index contributed by atoms with van der Waals surface area (Å²) < 4.78 is 0. The van der Waals surface area contributed by atoms with Gasteiger partial charge in [0.05, 0.1) is 51.0 Å². The molecule has 0 aromatic heterocycles. The zero-order valence-electron chi connectivity index (χ0n) is 11.6. The van der Waals surface area contributed by atoms with Crippen LogP contribution in [0.3, 0.4) is 0 Å². The molecular weight excluding hydrogens is 314 g/mol. The number of unbranched alkanes of at least 4 members (excludes halogenated alkanes) is 1. The fourth-order valence-electron chi connectivity index (χ4n) is 2.00. The molecule has 0 fully saturated rings. The van der Waals surface area contributed by atoms with Gasteiger partial charge >= 0.3 is 0 Å².